The number of amides is 1. The summed E-state index contributed by atoms with van der Waals surface area (Å²) >= 11 is 0. The molecule has 2 rings (SSSR count). The first-order valence-corrected chi connectivity index (χ1v) is 6.74. The number of halogens is 2. The molecule has 0 bridgehead atoms. The van der Waals surface area contributed by atoms with E-state index in [1.807, 2.05) is 0 Å². The third-order valence-electron chi connectivity index (χ3n) is 3.43. The summed E-state index contributed by atoms with van der Waals surface area (Å²) in [6.45, 7) is 5.80. The zero-order valence-corrected chi connectivity index (χ0v) is 13.9. The van der Waals surface area contributed by atoms with Crippen molar-refractivity contribution in [2.24, 2.45) is 5.92 Å². The lowest BCUT2D eigenvalue weighted by atomic mass is 9.95. The van der Waals surface area contributed by atoms with E-state index in [1.165, 1.54) is 0 Å². The molecule has 0 aliphatic carbocycles. The molecule has 1 aromatic heterocycles. The Hall–Kier alpha value is -1.04. The van der Waals surface area contributed by atoms with E-state index in [9.17, 15) is 4.79 Å². The lowest BCUT2D eigenvalue weighted by molar-refractivity contribution is -0.128. The molecule has 2 heterocycles. The van der Waals surface area contributed by atoms with Crippen LogP contribution in [-0.4, -0.2) is 36.1 Å². The van der Waals surface area contributed by atoms with Crippen LogP contribution in [0.4, 0.5) is 0 Å². The molecular formula is C14H23Cl2N3O2. The Morgan fingerprint density at radius 2 is 2.29 bits per heavy atom. The number of pyridine rings is 1. The molecule has 1 fully saturated rings. The minimum Gasteiger partial charge on any atom is -0.479 e. The molecule has 120 valence electrons. The molecule has 0 aromatic carbocycles. The fourth-order valence-electron chi connectivity index (χ4n) is 2.20. The number of rotatable bonds is 4. The molecule has 3 atom stereocenters. The smallest absolute Gasteiger partial charge is 0.261 e. The average Bonchev–Trinajstić information content (AvgIpc) is 2.42. The van der Waals surface area contributed by atoms with Crippen LogP contribution in [0, 0.1) is 5.92 Å². The number of carbonyl (C=O) groups excluding carboxylic acids is 1. The normalized spacial score (nSPS) is 22.2. The Bertz CT molecular complexity index is 420. The SMILES string of the molecule is CC(Oc1cccnc1)C(=O)NC1CCNCC1C.Cl.Cl. The van der Waals surface area contributed by atoms with Gasteiger partial charge in [0.2, 0.25) is 0 Å². The molecule has 0 radical (unpaired) electrons. The van der Waals surface area contributed by atoms with Crippen LogP contribution in [0.15, 0.2) is 24.5 Å². The second kappa shape index (κ2) is 9.82. The van der Waals surface area contributed by atoms with E-state index in [1.54, 1.807) is 31.5 Å². The van der Waals surface area contributed by atoms with Crippen LogP contribution in [0.2, 0.25) is 0 Å². The van der Waals surface area contributed by atoms with Gasteiger partial charge < -0.3 is 15.4 Å². The molecule has 1 aromatic rings. The summed E-state index contributed by atoms with van der Waals surface area (Å²) in [4.78, 5) is 16.0. The molecule has 21 heavy (non-hydrogen) atoms. The lowest BCUT2D eigenvalue weighted by Crippen LogP contribution is -2.51. The number of ether oxygens (including phenoxy) is 1. The van der Waals surface area contributed by atoms with Crippen LogP contribution >= 0.6 is 24.8 Å². The van der Waals surface area contributed by atoms with E-state index in [4.69, 9.17) is 4.74 Å². The molecule has 1 aliphatic rings. The van der Waals surface area contributed by atoms with Gasteiger partial charge in [0.05, 0.1) is 6.20 Å². The minimum absolute atomic E-state index is 0. The highest BCUT2D eigenvalue weighted by Crippen LogP contribution is 2.12. The van der Waals surface area contributed by atoms with Gasteiger partial charge >= 0.3 is 0 Å². The van der Waals surface area contributed by atoms with Gasteiger partial charge in [-0.25, -0.2) is 0 Å². The van der Waals surface area contributed by atoms with Crippen LogP contribution in [0.25, 0.3) is 0 Å². The molecule has 3 unspecified atom stereocenters. The molecule has 5 nitrogen and oxygen atoms in total. The van der Waals surface area contributed by atoms with Gasteiger partial charge in [0, 0.05) is 12.2 Å². The summed E-state index contributed by atoms with van der Waals surface area (Å²) in [6, 6.07) is 3.81. The first-order valence-electron chi connectivity index (χ1n) is 6.74. The Balaban J connectivity index is 0.00000200. The van der Waals surface area contributed by atoms with E-state index in [2.05, 4.69) is 22.5 Å². The summed E-state index contributed by atoms with van der Waals surface area (Å²) in [6.07, 6.45) is 3.74. The van der Waals surface area contributed by atoms with Gasteiger partial charge in [0.1, 0.15) is 5.75 Å². The number of carbonyl (C=O) groups is 1. The molecule has 1 saturated heterocycles. The molecule has 1 amide bonds. The van der Waals surface area contributed by atoms with E-state index in [0.29, 0.717) is 11.7 Å². The second-order valence-corrected chi connectivity index (χ2v) is 5.03. The van der Waals surface area contributed by atoms with Crippen LogP contribution < -0.4 is 15.4 Å². The first kappa shape index (κ1) is 20.0. The fourth-order valence-corrected chi connectivity index (χ4v) is 2.20. The predicted octanol–water partition coefficient (Wildman–Crippen LogP) is 1.81. The van der Waals surface area contributed by atoms with Crippen molar-refractivity contribution in [1.82, 2.24) is 15.6 Å². The van der Waals surface area contributed by atoms with Crippen molar-refractivity contribution in [3.8, 4) is 5.75 Å². The Morgan fingerprint density at radius 1 is 1.52 bits per heavy atom. The van der Waals surface area contributed by atoms with Crippen molar-refractivity contribution in [3.63, 3.8) is 0 Å². The Morgan fingerprint density at radius 3 is 2.90 bits per heavy atom. The van der Waals surface area contributed by atoms with Crippen molar-refractivity contribution in [2.75, 3.05) is 13.1 Å². The average molecular weight is 336 g/mol. The monoisotopic (exact) mass is 335 g/mol. The van der Waals surface area contributed by atoms with Crippen LogP contribution in [-0.2, 0) is 4.79 Å². The highest BCUT2D eigenvalue weighted by atomic mass is 35.5. The summed E-state index contributed by atoms with van der Waals surface area (Å²) in [5.41, 5.74) is 0. The third-order valence-corrected chi connectivity index (χ3v) is 3.43. The molecule has 0 spiro atoms. The van der Waals surface area contributed by atoms with Crippen molar-refractivity contribution >= 4 is 30.7 Å². The topological polar surface area (TPSA) is 63.2 Å². The van der Waals surface area contributed by atoms with Gasteiger partial charge in [-0.2, -0.15) is 0 Å². The highest BCUT2D eigenvalue weighted by Gasteiger charge is 2.25. The van der Waals surface area contributed by atoms with Gasteiger partial charge in [-0.1, -0.05) is 6.92 Å². The Kier molecular flexibility index (Phi) is 9.33. The second-order valence-electron chi connectivity index (χ2n) is 5.03. The maximum absolute atomic E-state index is 12.1. The van der Waals surface area contributed by atoms with Crippen molar-refractivity contribution < 1.29 is 9.53 Å². The van der Waals surface area contributed by atoms with Crippen molar-refractivity contribution in [1.29, 1.82) is 0 Å². The molecule has 0 saturated carbocycles. The van der Waals surface area contributed by atoms with E-state index < -0.39 is 6.10 Å². The maximum atomic E-state index is 12.1. The minimum atomic E-state index is -0.508. The molecular weight excluding hydrogens is 313 g/mol. The zero-order valence-electron chi connectivity index (χ0n) is 12.2. The fraction of sp³-hybridized carbons (Fsp3) is 0.571. The maximum Gasteiger partial charge on any atom is 0.261 e. The standard InChI is InChI=1S/C14H21N3O2.2ClH/c1-10-8-16-7-5-13(10)17-14(18)11(2)19-12-4-3-6-15-9-12;;/h3-4,6,9-11,13,16H,5,7-8H2,1-2H3,(H,17,18);2*1H. The van der Waals surface area contributed by atoms with Gasteiger partial charge in [-0.15, -0.1) is 24.8 Å². The van der Waals surface area contributed by atoms with Crippen molar-refractivity contribution in [2.45, 2.75) is 32.4 Å². The zero-order chi connectivity index (χ0) is 13.7. The molecule has 2 N–H and O–H groups in total. The predicted molar refractivity (Wildman–Crippen MR) is 87.4 cm³/mol. The van der Waals surface area contributed by atoms with Crippen LogP contribution in [0.1, 0.15) is 20.3 Å². The van der Waals surface area contributed by atoms with Gasteiger partial charge in [-0.05, 0) is 44.5 Å². The quantitative estimate of drug-likeness (QED) is 0.880. The molecule has 7 heteroatoms. The molecule has 1 aliphatic heterocycles. The van der Waals surface area contributed by atoms with E-state index in [0.717, 1.165) is 19.5 Å². The van der Waals surface area contributed by atoms with Crippen LogP contribution in [0.5, 0.6) is 5.75 Å². The summed E-state index contributed by atoms with van der Waals surface area (Å²) in [5.74, 6) is 0.995. The summed E-state index contributed by atoms with van der Waals surface area (Å²) in [5, 5.41) is 6.38. The third kappa shape index (κ3) is 6.08. The number of hydrogen-bond acceptors (Lipinski definition) is 4. The highest BCUT2D eigenvalue weighted by molar-refractivity contribution is 5.85. The van der Waals surface area contributed by atoms with Crippen molar-refractivity contribution in [3.05, 3.63) is 24.5 Å². The van der Waals surface area contributed by atoms with E-state index in [-0.39, 0.29) is 36.8 Å². The van der Waals surface area contributed by atoms with Gasteiger partial charge in [-0.3, -0.25) is 9.78 Å². The van der Waals surface area contributed by atoms with Gasteiger partial charge in [0.25, 0.3) is 5.91 Å². The largest absolute Gasteiger partial charge is 0.479 e. The first-order chi connectivity index (χ1) is 9.16. The number of nitrogens with zero attached hydrogens (tertiary/aromatic N) is 1. The number of nitrogens with one attached hydrogen (secondary N) is 2. The number of piperidine rings is 1. The summed E-state index contributed by atoms with van der Waals surface area (Å²) in [7, 11) is 0. The lowest BCUT2D eigenvalue weighted by Gasteiger charge is -2.31. The Labute approximate surface area is 138 Å². The number of aromatic nitrogens is 1. The van der Waals surface area contributed by atoms with E-state index >= 15 is 0 Å². The van der Waals surface area contributed by atoms with Gasteiger partial charge in [0.15, 0.2) is 6.10 Å². The summed E-state index contributed by atoms with van der Waals surface area (Å²) < 4.78 is 5.56. The van der Waals surface area contributed by atoms with Crippen LogP contribution in [0.3, 0.4) is 0 Å². The number of hydrogen-bond donors (Lipinski definition) is 2.